The van der Waals surface area contributed by atoms with E-state index in [1.807, 2.05) is 0 Å². The highest BCUT2D eigenvalue weighted by atomic mass is 19.1. The van der Waals surface area contributed by atoms with Crippen LogP contribution < -0.4 is 0 Å². The summed E-state index contributed by atoms with van der Waals surface area (Å²) in [6, 6.07) is 0. The number of carboxylic acid groups (broad SMARTS) is 1. The summed E-state index contributed by atoms with van der Waals surface area (Å²) in [7, 11) is 0. The Morgan fingerprint density at radius 2 is 2.00 bits per heavy atom. The first-order valence-corrected chi connectivity index (χ1v) is 5.65. The van der Waals surface area contributed by atoms with E-state index in [0.29, 0.717) is 0 Å². The smallest absolute Gasteiger partial charge is 0.367 e. The van der Waals surface area contributed by atoms with Crippen LogP contribution in [0.25, 0.3) is 0 Å². The number of rotatable bonds is 4. The Morgan fingerprint density at radius 3 is 2.41 bits per heavy atom. The van der Waals surface area contributed by atoms with Gasteiger partial charge in [-0.05, 0) is 30.3 Å². The molecule has 0 amide bonds. The molecule has 2 aliphatic carbocycles. The molecule has 0 spiro atoms. The summed E-state index contributed by atoms with van der Waals surface area (Å²) in [5, 5.41) is 8.90. The van der Waals surface area contributed by atoms with Crippen LogP contribution in [-0.2, 0) is 14.3 Å². The van der Waals surface area contributed by atoms with Crippen LogP contribution in [0.2, 0.25) is 0 Å². The van der Waals surface area contributed by atoms with Gasteiger partial charge >= 0.3 is 11.9 Å². The van der Waals surface area contributed by atoms with Gasteiger partial charge in [-0.3, -0.25) is 4.79 Å². The van der Waals surface area contributed by atoms with Crippen LogP contribution in [-0.4, -0.2) is 23.1 Å². The number of hydrogen-bond acceptors (Lipinski definition) is 3. The molecule has 0 heterocycles. The fourth-order valence-electron chi connectivity index (χ4n) is 2.08. The predicted molar refractivity (Wildman–Crippen MR) is 56.7 cm³/mol. The number of halogens is 1. The minimum Gasteiger partial charge on any atom is -0.481 e. The lowest BCUT2D eigenvalue weighted by atomic mass is 10.1. The Hall–Kier alpha value is -1.39. The van der Waals surface area contributed by atoms with Crippen LogP contribution >= 0.6 is 0 Å². The number of ether oxygens (including phenoxy) is 1. The van der Waals surface area contributed by atoms with Gasteiger partial charge in [0.25, 0.3) is 0 Å². The molecule has 2 saturated carbocycles. The van der Waals surface area contributed by atoms with E-state index < -0.39 is 35.0 Å². The third-order valence-electron chi connectivity index (χ3n) is 3.50. The summed E-state index contributed by atoms with van der Waals surface area (Å²) in [6.45, 7) is 3.49. The number of carbonyl (C=O) groups excluding carboxylic acids is 1. The molecule has 17 heavy (non-hydrogen) atoms. The summed E-state index contributed by atoms with van der Waals surface area (Å²) >= 11 is 0. The van der Waals surface area contributed by atoms with Crippen molar-refractivity contribution in [1.82, 2.24) is 0 Å². The third-order valence-corrected chi connectivity index (χ3v) is 3.50. The van der Waals surface area contributed by atoms with Gasteiger partial charge in [0.1, 0.15) is 6.10 Å². The molecule has 0 saturated heterocycles. The molecule has 0 radical (unpaired) electrons. The van der Waals surface area contributed by atoms with Crippen molar-refractivity contribution >= 4 is 11.9 Å². The quantitative estimate of drug-likeness (QED) is 0.604. The van der Waals surface area contributed by atoms with E-state index in [0.717, 1.165) is 18.9 Å². The molecule has 94 valence electrons. The molecule has 0 bridgehead atoms. The van der Waals surface area contributed by atoms with Gasteiger partial charge in [0, 0.05) is 0 Å². The normalized spacial score (nSPS) is 30.9. The van der Waals surface area contributed by atoms with E-state index in [2.05, 4.69) is 0 Å². The Kier molecular flexibility index (Phi) is 2.72. The van der Waals surface area contributed by atoms with Crippen molar-refractivity contribution in [2.75, 3.05) is 0 Å². The molecule has 2 rings (SSSR count). The first-order valence-electron chi connectivity index (χ1n) is 5.65. The van der Waals surface area contributed by atoms with Crippen molar-refractivity contribution in [2.24, 2.45) is 17.3 Å². The highest BCUT2D eigenvalue weighted by Crippen LogP contribution is 2.59. The Morgan fingerprint density at radius 1 is 1.41 bits per heavy atom. The van der Waals surface area contributed by atoms with Gasteiger partial charge in [-0.1, -0.05) is 13.8 Å². The number of carbonyl (C=O) groups is 2. The third kappa shape index (κ3) is 2.33. The summed E-state index contributed by atoms with van der Waals surface area (Å²) in [5.74, 6) is -3.97. The molecule has 0 aromatic carbocycles. The summed E-state index contributed by atoms with van der Waals surface area (Å²) in [5.41, 5.74) is -0.497. The van der Waals surface area contributed by atoms with Crippen LogP contribution in [0.15, 0.2) is 11.9 Å². The molecule has 2 fully saturated rings. The van der Waals surface area contributed by atoms with Crippen molar-refractivity contribution in [3.05, 3.63) is 11.9 Å². The molecule has 2 aliphatic rings. The number of hydrogen-bond donors (Lipinski definition) is 1. The fourth-order valence-corrected chi connectivity index (χ4v) is 2.08. The number of carboxylic acids is 1. The van der Waals surface area contributed by atoms with Crippen molar-refractivity contribution in [1.29, 1.82) is 0 Å². The van der Waals surface area contributed by atoms with E-state index in [4.69, 9.17) is 9.84 Å². The van der Waals surface area contributed by atoms with Crippen molar-refractivity contribution < 1.29 is 23.8 Å². The molecule has 4 nitrogen and oxygen atoms in total. The fraction of sp³-hybridized carbons (Fsp3) is 0.667. The molecule has 0 aromatic heterocycles. The van der Waals surface area contributed by atoms with Crippen LogP contribution in [0.3, 0.4) is 0 Å². The molecule has 0 unspecified atom stereocenters. The molecule has 2 atom stereocenters. The lowest BCUT2D eigenvalue weighted by Gasteiger charge is -2.00. The highest BCUT2D eigenvalue weighted by molar-refractivity contribution is 5.87. The van der Waals surface area contributed by atoms with Crippen molar-refractivity contribution in [3.63, 3.8) is 0 Å². The van der Waals surface area contributed by atoms with Crippen molar-refractivity contribution in [3.8, 4) is 0 Å². The first kappa shape index (κ1) is 12.1. The van der Waals surface area contributed by atoms with E-state index in [-0.39, 0.29) is 6.10 Å². The Labute approximate surface area is 98.4 Å². The van der Waals surface area contributed by atoms with E-state index in [9.17, 15) is 14.0 Å². The maximum atomic E-state index is 13.4. The lowest BCUT2D eigenvalue weighted by molar-refractivity contribution is -0.142. The number of esters is 1. The average Bonchev–Trinajstić information content (AvgIpc) is 3.06. The zero-order valence-corrected chi connectivity index (χ0v) is 9.77. The molecular formula is C12H15FO4. The lowest BCUT2D eigenvalue weighted by Crippen LogP contribution is -2.07. The molecule has 5 heteroatoms. The second-order valence-electron chi connectivity index (χ2n) is 5.28. The SMILES string of the molecule is CC1(C)[C@H](C(=O)O)[C@@H]1/C=C(/F)C(=O)OC1CC1. The topological polar surface area (TPSA) is 63.6 Å². The molecular weight excluding hydrogens is 227 g/mol. The second-order valence-corrected chi connectivity index (χ2v) is 5.28. The monoisotopic (exact) mass is 242 g/mol. The van der Waals surface area contributed by atoms with Crippen LogP contribution in [0.1, 0.15) is 26.7 Å². The molecule has 0 aromatic rings. The van der Waals surface area contributed by atoms with Gasteiger partial charge in [0.2, 0.25) is 5.83 Å². The first-order chi connectivity index (χ1) is 7.84. The second kappa shape index (κ2) is 3.82. The largest absolute Gasteiger partial charge is 0.481 e. The van der Waals surface area contributed by atoms with Gasteiger partial charge in [0.05, 0.1) is 5.92 Å². The maximum Gasteiger partial charge on any atom is 0.367 e. The standard InChI is InChI=1S/C12H15FO4/c1-12(2)7(9(12)10(14)15)5-8(13)11(16)17-6-3-4-6/h5-7,9H,3-4H2,1-2H3,(H,14,15)/b8-5+/t7-,9-/m0/s1. The zero-order valence-electron chi connectivity index (χ0n) is 9.77. The van der Waals surface area contributed by atoms with Gasteiger partial charge < -0.3 is 9.84 Å². The zero-order chi connectivity index (χ0) is 12.8. The minimum absolute atomic E-state index is 0.149. The molecule has 1 N–H and O–H groups in total. The van der Waals surface area contributed by atoms with E-state index in [1.165, 1.54) is 0 Å². The minimum atomic E-state index is -0.973. The van der Waals surface area contributed by atoms with Gasteiger partial charge in [-0.2, -0.15) is 4.39 Å². The van der Waals surface area contributed by atoms with Crippen LogP contribution in [0.5, 0.6) is 0 Å². The number of aliphatic carboxylic acids is 1. The van der Waals surface area contributed by atoms with Gasteiger partial charge in [0.15, 0.2) is 0 Å². The van der Waals surface area contributed by atoms with Gasteiger partial charge in [-0.15, -0.1) is 0 Å². The Balaban J connectivity index is 1.99. The number of allylic oxidation sites excluding steroid dienone is 1. The summed E-state index contributed by atoms with van der Waals surface area (Å²) < 4.78 is 18.2. The highest BCUT2D eigenvalue weighted by Gasteiger charge is 2.61. The summed E-state index contributed by atoms with van der Waals surface area (Å²) in [6.07, 6.45) is 2.50. The van der Waals surface area contributed by atoms with E-state index in [1.54, 1.807) is 13.8 Å². The molecule has 0 aliphatic heterocycles. The Bertz CT molecular complexity index is 395. The maximum absolute atomic E-state index is 13.4. The van der Waals surface area contributed by atoms with Gasteiger partial charge in [-0.25, -0.2) is 4.79 Å². The van der Waals surface area contributed by atoms with Crippen LogP contribution in [0, 0.1) is 17.3 Å². The predicted octanol–water partition coefficient (Wildman–Crippen LogP) is 1.90. The van der Waals surface area contributed by atoms with Crippen molar-refractivity contribution in [2.45, 2.75) is 32.8 Å². The van der Waals surface area contributed by atoms with E-state index >= 15 is 0 Å². The average molecular weight is 242 g/mol. The summed E-state index contributed by atoms with van der Waals surface area (Å²) in [4.78, 5) is 22.1. The van der Waals surface area contributed by atoms with Crippen LogP contribution in [0.4, 0.5) is 4.39 Å².